The Labute approximate surface area is 94.6 Å². The molecule has 0 aromatic carbocycles. The lowest BCUT2D eigenvalue weighted by molar-refractivity contribution is 0.0657. The molecule has 1 heterocycles. The van der Waals surface area contributed by atoms with Gasteiger partial charge in [0.2, 0.25) is 0 Å². The van der Waals surface area contributed by atoms with Gasteiger partial charge in [-0.2, -0.15) is 0 Å². The van der Waals surface area contributed by atoms with E-state index in [0.717, 1.165) is 16.5 Å². The van der Waals surface area contributed by atoms with Crippen LogP contribution in [0.3, 0.4) is 0 Å². The van der Waals surface area contributed by atoms with E-state index in [-0.39, 0.29) is 6.10 Å². The molecule has 15 heavy (non-hydrogen) atoms. The van der Waals surface area contributed by atoms with E-state index in [0.29, 0.717) is 12.4 Å². The highest BCUT2D eigenvalue weighted by Gasteiger charge is 2.05. The minimum Gasteiger partial charge on any atom is -0.383 e. The van der Waals surface area contributed by atoms with Crippen LogP contribution in [0.15, 0.2) is 11.4 Å². The summed E-state index contributed by atoms with van der Waals surface area (Å²) in [5.74, 6) is 1.46. The predicted molar refractivity (Wildman–Crippen MR) is 62.8 cm³/mol. The number of nitrogens with zero attached hydrogens (tertiary/aromatic N) is 2. The van der Waals surface area contributed by atoms with Crippen LogP contribution < -0.4 is 5.73 Å². The highest BCUT2D eigenvalue weighted by Crippen LogP contribution is 2.16. The summed E-state index contributed by atoms with van der Waals surface area (Å²) in [7, 11) is 0. The normalized spacial score (nSPS) is 10.9. The van der Waals surface area contributed by atoms with E-state index in [4.69, 9.17) is 10.5 Å². The minimum absolute atomic E-state index is 0.189. The second-order valence-electron chi connectivity index (χ2n) is 3.36. The van der Waals surface area contributed by atoms with Gasteiger partial charge in [0.1, 0.15) is 5.82 Å². The number of nitrogens with two attached hydrogens (primary N) is 1. The van der Waals surface area contributed by atoms with Gasteiger partial charge in [-0.25, -0.2) is 9.97 Å². The third kappa shape index (κ3) is 4.05. The molecule has 84 valence electrons. The van der Waals surface area contributed by atoms with Gasteiger partial charge in [0.15, 0.2) is 5.16 Å². The van der Waals surface area contributed by atoms with Crippen molar-refractivity contribution in [1.82, 2.24) is 9.97 Å². The number of ether oxygens (including phenoxy) is 1. The molecule has 0 saturated heterocycles. The lowest BCUT2D eigenvalue weighted by atomic mass is 10.3. The van der Waals surface area contributed by atoms with Gasteiger partial charge in [0.05, 0.1) is 12.7 Å². The number of anilines is 1. The largest absolute Gasteiger partial charge is 0.383 e. The van der Waals surface area contributed by atoms with Crippen molar-refractivity contribution in [3.8, 4) is 0 Å². The summed E-state index contributed by atoms with van der Waals surface area (Å²) in [5.41, 5.74) is 6.64. The lowest BCUT2D eigenvalue weighted by Crippen LogP contribution is -2.06. The monoisotopic (exact) mass is 227 g/mol. The zero-order valence-corrected chi connectivity index (χ0v) is 10.2. The maximum atomic E-state index is 5.79. The molecule has 4 nitrogen and oxygen atoms in total. The third-order valence-corrected chi connectivity index (χ3v) is 2.47. The Hall–Kier alpha value is -0.810. The van der Waals surface area contributed by atoms with Crippen molar-refractivity contribution in [2.75, 3.05) is 11.5 Å². The molecule has 5 heteroatoms. The molecule has 0 bridgehead atoms. The van der Waals surface area contributed by atoms with Crippen LogP contribution in [0.1, 0.15) is 26.3 Å². The van der Waals surface area contributed by atoms with Crippen molar-refractivity contribution >= 4 is 17.6 Å². The first-order valence-electron chi connectivity index (χ1n) is 4.99. The summed E-state index contributed by atoms with van der Waals surface area (Å²) in [6.07, 6.45) is 1.93. The van der Waals surface area contributed by atoms with Crippen LogP contribution >= 0.6 is 11.8 Å². The number of nitrogen functional groups attached to an aromatic ring is 1. The number of hydrogen-bond acceptors (Lipinski definition) is 5. The molecule has 0 aliphatic rings. The van der Waals surface area contributed by atoms with E-state index in [1.807, 2.05) is 13.8 Å². The van der Waals surface area contributed by atoms with E-state index >= 15 is 0 Å². The maximum absolute atomic E-state index is 5.79. The number of aromatic nitrogens is 2. The van der Waals surface area contributed by atoms with Crippen LogP contribution in [0.2, 0.25) is 0 Å². The first-order valence-corrected chi connectivity index (χ1v) is 5.97. The van der Waals surface area contributed by atoms with Crippen molar-refractivity contribution < 1.29 is 4.74 Å². The topological polar surface area (TPSA) is 61.0 Å². The molecule has 0 amide bonds. The summed E-state index contributed by atoms with van der Waals surface area (Å²) in [5, 5.41) is 0.725. The molecule has 1 aromatic rings. The van der Waals surface area contributed by atoms with E-state index in [1.54, 1.807) is 18.0 Å². The third-order valence-electron chi connectivity index (χ3n) is 1.72. The predicted octanol–water partition coefficient (Wildman–Crippen LogP) is 2.10. The Morgan fingerprint density at radius 3 is 2.80 bits per heavy atom. The zero-order valence-electron chi connectivity index (χ0n) is 9.36. The molecule has 0 atom stereocenters. The van der Waals surface area contributed by atoms with Gasteiger partial charge in [0.25, 0.3) is 0 Å². The van der Waals surface area contributed by atoms with Gasteiger partial charge in [-0.05, 0) is 19.6 Å². The summed E-state index contributed by atoms with van der Waals surface area (Å²) in [6.45, 7) is 6.50. The molecular formula is C10H17N3OS. The second-order valence-corrected chi connectivity index (χ2v) is 4.59. The Bertz CT molecular complexity index is 318. The van der Waals surface area contributed by atoms with E-state index < -0.39 is 0 Å². The second kappa shape index (κ2) is 5.92. The molecule has 0 fully saturated rings. The molecule has 0 saturated carbocycles. The first-order chi connectivity index (χ1) is 7.13. The fourth-order valence-corrected chi connectivity index (χ4v) is 1.52. The van der Waals surface area contributed by atoms with Gasteiger partial charge < -0.3 is 10.5 Å². The fraction of sp³-hybridized carbons (Fsp3) is 0.600. The molecule has 0 aliphatic heterocycles. The fourth-order valence-electron chi connectivity index (χ4n) is 0.969. The van der Waals surface area contributed by atoms with Gasteiger partial charge in [-0.1, -0.05) is 18.7 Å². The van der Waals surface area contributed by atoms with Crippen LogP contribution in [-0.4, -0.2) is 21.8 Å². The van der Waals surface area contributed by atoms with Crippen LogP contribution in [0, 0.1) is 0 Å². The SMILES string of the molecule is CCSc1ncc(COC(C)C)c(N)n1. The highest BCUT2D eigenvalue weighted by molar-refractivity contribution is 7.99. The molecule has 0 radical (unpaired) electrons. The van der Waals surface area contributed by atoms with Crippen molar-refractivity contribution in [2.24, 2.45) is 0 Å². The van der Waals surface area contributed by atoms with Crippen molar-refractivity contribution in [3.05, 3.63) is 11.8 Å². The Morgan fingerprint density at radius 2 is 2.27 bits per heavy atom. The molecule has 0 aliphatic carbocycles. The molecule has 0 spiro atoms. The highest BCUT2D eigenvalue weighted by atomic mass is 32.2. The maximum Gasteiger partial charge on any atom is 0.189 e. The van der Waals surface area contributed by atoms with Crippen LogP contribution in [0.25, 0.3) is 0 Å². The van der Waals surface area contributed by atoms with Crippen LogP contribution in [0.5, 0.6) is 0 Å². The number of thioether (sulfide) groups is 1. The molecule has 1 rings (SSSR count). The standard InChI is InChI=1S/C10H17N3OS/c1-4-15-10-12-5-8(9(11)13-10)6-14-7(2)3/h5,7H,4,6H2,1-3H3,(H2,11,12,13). The quantitative estimate of drug-likeness (QED) is 0.616. The average molecular weight is 227 g/mol. The van der Waals surface area contributed by atoms with E-state index in [2.05, 4.69) is 16.9 Å². The zero-order chi connectivity index (χ0) is 11.3. The summed E-state index contributed by atoms with van der Waals surface area (Å²) in [6, 6.07) is 0. The molecule has 2 N–H and O–H groups in total. The Morgan fingerprint density at radius 1 is 1.53 bits per heavy atom. The minimum atomic E-state index is 0.189. The van der Waals surface area contributed by atoms with E-state index in [9.17, 15) is 0 Å². The summed E-state index contributed by atoms with van der Waals surface area (Å²) in [4.78, 5) is 8.39. The Balaban J connectivity index is 2.66. The van der Waals surface area contributed by atoms with Crippen molar-refractivity contribution in [1.29, 1.82) is 0 Å². The lowest BCUT2D eigenvalue weighted by Gasteiger charge is -2.09. The smallest absolute Gasteiger partial charge is 0.189 e. The van der Waals surface area contributed by atoms with Gasteiger partial charge in [-0.15, -0.1) is 0 Å². The molecular weight excluding hydrogens is 210 g/mol. The van der Waals surface area contributed by atoms with Crippen LogP contribution in [0.4, 0.5) is 5.82 Å². The molecule has 1 aromatic heterocycles. The average Bonchev–Trinajstić information content (AvgIpc) is 2.17. The van der Waals surface area contributed by atoms with Gasteiger partial charge >= 0.3 is 0 Å². The van der Waals surface area contributed by atoms with Crippen LogP contribution in [-0.2, 0) is 11.3 Å². The number of hydrogen-bond donors (Lipinski definition) is 1. The Kier molecular flexibility index (Phi) is 4.84. The summed E-state index contributed by atoms with van der Waals surface area (Å²) < 4.78 is 5.44. The first kappa shape index (κ1) is 12.3. The van der Waals surface area contributed by atoms with Gasteiger partial charge in [0, 0.05) is 11.8 Å². The molecule has 0 unspecified atom stereocenters. The van der Waals surface area contributed by atoms with Gasteiger partial charge in [-0.3, -0.25) is 0 Å². The summed E-state index contributed by atoms with van der Waals surface area (Å²) >= 11 is 1.58. The number of rotatable bonds is 5. The van der Waals surface area contributed by atoms with E-state index in [1.165, 1.54) is 0 Å². The van der Waals surface area contributed by atoms with Crippen molar-refractivity contribution in [2.45, 2.75) is 38.6 Å². The van der Waals surface area contributed by atoms with Crippen molar-refractivity contribution in [3.63, 3.8) is 0 Å².